The second kappa shape index (κ2) is 7.11. The SMILES string of the molecule is C=CCC1(NCCCCC)CCCCC1C. The van der Waals surface area contributed by atoms with Crippen LogP contribution < -0.4 is 5.32 Å². The fraction of sp³-hybridized carbons (Fsp3) is 0.867. The molecule has 1 N–H and O–H groups in total. The monoisotopic (exact) mass is 223 g/mol. The number of hydrogen-bond donors (Lipinski definition) is 1. The molecule has 1 heteroatoms. The molecule has 0 aromatic carbocycles. The normalized spacial score (nSPS) is 30.2. The highest BCUT2D eigenvalue weighted by atomic mass is 15.0. The van der Waals surface area contributed by atoms with Gasteiger partial charge in [0.1, 0.15) is 0 Å². The Morgan fingerprint density at radius 2 is 2.19 bits per heavy atom. The summed E-state index contributed by atoms with van der Waals surface area (Å²) in [7, 11) is 0. The van der Waals surface area contributed by atoms with Crippen LogP contribution in [0.15, 0.2) is 12.7 Å². The van der Waals surface area contributed by atoms with E-state index in [-0.39, 0.29) is 0 Å². The average Bonchev–Trinajstić information content (AvgIpc) is 2.29. The van der Waals surface area contributed by atoms with E-state index in [1.54, 1.807) is 0 Å². The molecule has 94 valence electrons. The minimum atomic E-state index is 0.369. The molecule has 0 aliphatic heterocycles. The van der Waals surface area contributed by atoms with E-state index in [1.807, 2.05) is 0 Å². The van der Waals surface area contributed by atoms with Gasteiger partial charge in [0.25, 0.3) is 0 Å². The highest BCUT2D eigenvalue weighted by Gasteiger charge is 2.36. The molecule has 16 heavy (non-hydrogen) atoms. The van der Waals surface area contributed by atoms with Crippen LogP contribution in [0.2, 0.25) is 0 Å². The molecule has 1 fully saturated rings. The first kappa shape index (κ1) is 13.8. The van der Waals surface area contributed by atoms with Crippen LogP contribution in [0, 0.1) is 5.92 Å². The van der Waals surface area contributed by atoms with Crippen molar-refractivity contribution >= 4 is 0 Å². The summed E-state index contributed by atoms with van der Waals surface area (Å²) >= 11 is 0. The largest absolute Gasteiger partial charge is 0.311 e. The summed E-state index contributed by atoms with van der Waals surface area (Å²) in [4.78, 5) is 0. The summed E-state index contributed by atoms with van der Waals surface area (Å²) in [6.45, 7) is 9.80. The number of hydrogen-bond acceptors (Lipinski definition) is 1. The molecule has 0 heterocycles. The van der Waals surface area contributed by atoms with Crippen molar-refractivity contribution < 1.29 is 0 Å². The van der Waals surface area contributed by atoms with Gasteiger partial charge in [-0.3, -0.25) is 0 Å². The van der Waals surface area contributed by atoms with Crippen LogP contribution in [0.5, 0.6) is 0 Å². The standard InChI is InChI=1S/C15H29N/c1-4-6-9-13-16-15(11-5-2)12-8-7-10-14(15)3/h5,14,16H,2,4,6-13H2,1,3H3. The predicted molar refractivity (Wildman–Crippen MR) is 72.7 cm³/mol. The van der Waals surface area contributed by atoms with Crippen LogP contribution in [0.4, 0.5) is 0 Å². The van der Waals surface area contributed by atoms with Crippen LogP contribution in [-0.4, -0.2) is 12.1 Å². The Bertz CT molecular complexity index is 200. The van der Waals surface area contributed by atoms with Crippen molar-refractivity contribution in [3.8, 4) is 0 Å². The summed E-state index contributed by atoms with van der Waals surface area (Å²) in [5.41, 5.74) is 0.369. The predicted octanol–water partition coefficient (Wildman–Crippen LogP) is 4.29. The Balaban J connectivity index is 2.46. The van der Waals surface area contributed by atoms with E-state index in [9.17, 15) is 0 Å². The van der Waals surface area contributed by atoms with Gasteiger partial charge in [0.2, 0.25) is 0 Å². The lowest BCUT2D eigenvalue weighted by Crippen LogP contribution is -2.52. The lowest BCUT2D eigenvalue weighted by atomic mass is 9.71. The van der Waals surface area contributed by atoms with Crippen molar-refractivity contribution in [2.75, 3.05) is 6.54 Å². The van der Waals surface area contributed by atoms with Gasteiger partial charge in [0.15, 0.2) is 0 Å². The van der Waals surface area contributed by atoms with Gasteiger partial charge in [-0.05, 0) is 38.1 Å². The van der Waals surface area contributed by atoms with E-state index in [1.165, 1.54) is 51.5 Å². The van der Waals surface area contributed by atoms with Gasteiger partial charge in [-0.25, -0.2) is 0 Å². The third-order valence-corrected chi connectivity index (χ3v) is 4.22. The maximum atomic E-state index is 3.94. The van der Waals surface area contributed by atoms with E-state index in [4.69, 9.17) is 0 Å². The second-order valence-corrected chi connectivity index (χ2v) is 5.43. The summed E-state index contributed by atoms with van der Waals surface area (Å²) in [6.07, 6.45) is 12.8. The Morgan fingerprint density at radius 3 is 2.81 bits per heavy atom. The first-order valence-electron chi connectivity index (χ1n) is 7.11. The molecule has 2 unspecified atom stereocenters. The molecule has 0 aromatic heterocycles. The van der Waals surface area contributed by atoms with Crippen molar-refractivity contribution in [1.29, 1.82) is 0 Å². The van der Waals surface area contributed by atoms with Gasteiger partial charge < -0.3 is 5.32 Å². The molecule has 0 spiro atoms. The van der Waals surface area contributed by atoms with Gasteiger partial charge in [0, 0.05) is 5.54 Å². The minimum absolute atomic E-state index is 0.369. The number of nitrogens with one attached hydrogen (secondary N) is 1. The van der Waals surface area contributed by atoms with Crippen molar-refractivity contribution in [3.63, 3.8) is 0 Å². The quantitative estimate of drug-likeness (QED) is 0.501. The maximum Gasteiger partial charge on any atom is 0.0241 e. The number of rotatable bonds is 7. The third kappa shape index (κ3) is 3.62. The Morgan fingerprint density at radius 1 is 1.38 bits per heavy atom. The topological polar surface area (TPSA) is 12.0 Å². The van der Waals surface area contributed by atoms with Gasteiger partial charge in [0.05, 0.1) is 0 Å². The summed E-state index contributed by atoms with van der Waals surface area (Å²) in [6, 6.07) is 0. The van der Waals surface area contributed by atoms with E-state index in [0.717, 1.165) is 12.3 Å². The molecule has 1 aliphatic rings. The molecule has 1 nitrogen and oxygen atoms in total. The van der Waals surface area contributed by atoms with E-state index >= 15 is 0 Å². The van der Waals surface area contributed by atoms with Crippen molar-refractivity contribution in [1.82, 2.24) is 5.32 Å². The summed E-state index contributed by atoms with van der Waals surface area (Å²) < 4.78 is 0. The van der Waals surface area contributed by atoms with Crippen molar-refractivity contribution in [2.24, 2.45) is 5.92 Å². The maximum absolute atomic E-state index is 3.94. The van der Waals surface area contributed by atoms with Crippen molar-refractivity contribution in [3.05, 3.63) is 12.7 Å². The van der Waals surface area contributed by atoms with Gasteiger partial charge in [-0.1, -0.05) is 45.6 Å². The Hall–Kier alpha value is -0.300. The van der Waals surface area contributed by atoms with Gasteiger partial charge in [-0.15, -0.1) is 6.58 Å². The Kier molecular flexibility index (Phi) is 6.12. The van der Waals surface area contributed by atoms with Crippen molar-refractivity contribution in [2.45, 2.75) is 70.8 Å². The second-order valence-electron chi connectivity index (χ2n) is 5.43. The molecule has 0 aromatic rings. The van der Waals surface area contributed by atoms with E-state index in [0.29, 0.717) is 5.54 Å². The molecule has 0 radical (unpaired) electrons. The van der Waals surface area contributed by atoms with Crippen LogP contribution in [0.3, 0.4) is 0 Å². The van der Waals surface area contributed by atoms with Crippen LogP contribution in [0.1, 0.15) is 65.2 Å². The molecular weight excluding hydrogens is 194 g/mol. The molecule has 0 bridgehead atoms. The summed E-state index contributed by atoms with van der Waals surface area (Å²) in [5.74, 6) is 0.806. The van der Waals surface area contributed by atoms with Crippen LogP contribution >= 0.6 is 0 Å². The average molecular weight is 223 g/mol. The fourth-order valence-corrected chi connectivity index (χ4v) is 3.02. The lowest BCUT2D eigenvalue weighted by molar-refractivity contribution is 0.156. The van der Waals surface area contributed by atoms with Gasteiger partial charge >= 0.3 is 0 Å². The molecule has 1 aliphatic carbocycles. The number of unbranched alkanes of at least 4 members (excludes halogenated alkanes) is 2. The molecule has 0 amide bonds. The first-order chi connectivity index (χ1) is 7.75. The van der Waals surface area contributed by atoms with Crippen LogP contribution in [0.25, 0.3) is 0 Å². The third-order valence-electron chi connectivity index (χ3n) is 4.22. The molecule has 1 rings (SSSR count). The minimum Gasteiger partial charge on any atom is -0.311 e. The fourth-order valence-electron chi connectivity index (χ4n) is 3.02. The van der Waals surface area contributed by atoms with Crippen LogP contribution in [-0.2, 0) is 0 Å². The van der Waals surface area contributed by atoms with Gasteiger partial charge in [-0.2, -0.15) is 0 Å². The lowest BCUT2D eigenvalue weighted by Gasteiger charge is -2.43. The zero-order chi connectivity index (χ0) is 11.9. The van der Waals surface area contributed by atoms with E-state index < -0.39 is 0 Å². The molecule has 2 atom stereocenters. The zero-order valence-corrected chi connectivity index (χ0v) is 11.2. The smallest absolute Gasteiger partial charge is 0.0241 e. The molecule has 0 saturated heterocycles. The van der Waals surface area contributed by atoms with E-state index in [2.05, 4.69) is 31.8 Å². The summed E-state index contributed by atoms with van der Waals surface area (Å²) in [5, 5.41) is 3.85. The Labute approximate surface area is 102 Å². The zero-order valence-electron chi connectivity index (χ0n) is 11.2. The highest BCUT2D eigenvalue weighted by Crippen LogP contribution is 2.36. The first-order valence-corrected chi connectivity index (χ1v) is 7.11. The molecular formula is C15H29N. The molecule has 1 saturated carbocycles. The highest BCUT2D eigenvalue weighted by molar-refractivity contribution is 4.99.